The standard InChI is InChI=1S/C11H19N3/c1-8(5-9(2)12)6-10-7-14-4-3-11(10)13/h3-4,7-9H,5-6,12H2,1-2H3,(H2,13,14). The third-order valence-corrected chi connectivity index (χ3v) is 2.28. The lowest BCUT2D eigenvalue weighted by Crippen LogP contribution is -2.19. The summed E-state index contributed by atoms with van der Waals surface area (Å²) in [5, 5.41) is 0. The van der Waals surface area contributed by atoms with Crippen molar-refractivity contribution < 1.29 is 0 Å². The Labute approximate surface area is 85.5 Å². The third kappa shape index (κ3) is 3.34. The first-order valence-electron chi connectivity index (χ1n) is 5.03. The van der Waals surface area contributed by atoms with Gasteiger partial charge in [-0.25, -0.2) is 0 Å². The zero-order valence-corrected chi connectivity index (χ0v) is 8.90. The molecule has 3 heteroatoms. The maximum atomic E-state index is 5.83. The molecule has 0 saturated carbocycles. The number of nitrogen functional groups attached to an aromatic ring is 1. The van der Waals surface area contributed by atoms with Crippen LogP contribution in [0.3, 0.4) is 0 Å². The van der Waals surface area contributed by atoms with Gasteiger partial charge in [0, 0.05) is 24.1 Å². The van der Waals surface area contributed by atoms with Crippen LogP contribution in [-0.4, -0.2) is 11.0 Å². The molecule has 3 nitrogen and oxygen atoms in total. The van der Waals surface area contributed by atoms with Crippen molar-refractivity contribution in [2.24, 2.45) is 11.7 Å². The highest BCUT2D eigenvalue weighted by molar-refractivity contribution is 5.44. The molecule has 0 aliphatic rings. The van der Waals surface area contributed by atoms with Crippen LogP contribution in [-0.2, 0) is 6.42 Å². The van der Waals surface area contributed by atoms with E-state index in [1.165, 1.54) is 0 Å². The molecule has 0 spiro atoms. The van der Waals surface area contributed by atoms with Gasteiger partial charge in [0.1, 0.15) is 0 Å². The second-order valence-corrected chi connectivity index (χ2v) is 4.10. The maximum Gasteiger partial charge on any atom is 0.0377 e. The zero-order valence-electron chi connectivity index (χ0n) is 8.90. The van der Waals surface area contributed by atoms with Crippen LogP contribution in [0.5, 0.6) is 0 Å². The number of nitrogens with two attached hydrogens (primary N) is 2. The van der Waals surface area contributed by atoms with Gasteiger partial charge in [-0.05, 0) is 37.3 Å². The number of pyridine rings is 1. The molecule has 0 amide bonds. The molecule has 1 heterocycles. The quantitative estimate of drug-likeness (QED) is 0.763. The number of anilines is 1. The topological polar surface area (TPSA) is 64.9 Å². The van der Waals surface area contributed by atoms with E-state index in [0.717, 1.165) is 24.1 Å². The molecule has 0 fully saturated rings. The summed E-state index contributed by atoms with van der Waals surface area (Å²) >= 11 is 0. The Morgan fingerprint density at radius 3 is 2.71 bits per heavy atom. The number of aromatic nitrogens is 1. The normalized spacial score (nSPS) is 15.1. The predicted molar refractivity (Wildman–Crippen MR) is 59.8 cm³/mol. The van der Waals surface area contributed by atoms with Gasteiger partial charge < -0.3 is 11.5 Å². The number of nitrogens with zero attached hydrogens (tertiary/aromatic N) is 1. The second kappa shape index (κ2) is 4.96. The van der Waals surface area contributed by atoms with Gasteiger partial charge in [-0.15, -0.1) is 0 Å². The Bertz CT molecular complexity index is 284. The van der Waals surface area contributed by atoms with E-state index in [-0.39, 0.29) is 6.04 Å². The molecular weight excluding hydrogens is 174 g/mol. The molecule has 0 radical (unpaired) electrons. The summed E-state index contributed by atoms with van der Waals surface area (Å²) in [6.07, 6.45) is 5.54. The number of hydrogen-bond donors (Lipinski definition) is 2. The van der Waals surface area contributed by atoms with Crippen LogP contribution in [0.25, 0.3) is 0 Å². The fraction of sp³-hybridized carbons (Fsp3) is 0.545. The van der Waals surface area contributed by atoms with Crippen molar-refractivity contribution in [2.45, 2.75) is 32.7 Å². The van der Waals surface area contributed by atoms with Gasteiger partial charge in [0.05, 0.1) is 0 Å². The SMILES string of the molecule is CC(N)CC(C)Cc1cnccc1N. The van der Waals surface area contributed by atoms with Crippen molar-refractivity contribution in [3.05, 3.63) is 24.0 Å². The maximum absolute atomic E-state index is 5.83. The van der Waals surface area contributed by atoms with E-state index >= 15 is 0 Å². The largest absolute Gasteiger partial charge is 0.398 e. The summed E-state index contributed by atoms with van der Waals surface area (Å²) in [4.78, 5) is 4.07. The molecule has 1 rings (SSSR count). The van der Waals surface area contributed by atoms with Gasteiger partial charge in [0.15, 0.2) is 0 Å². The minimum absolute atomic E-state index is 0.253. The van der Waals surface area contributed by atoms with Crippen LogP contribution < -0.4 is 11.5 Å². The molecule has 0 aliphatic heterocycles. The monoisotopic (exact) mass is 193 g/mol. The minimum Gasteiger partial charge on any atom is -0.398 e. The number of hydrogen-bond acceptors (Lipinski definition) is 3. The van der Waals surface area contributed by atoms with E-state index in [1.807, 2.05) is 19.2 Å². The predicted octanol–water partition coefficient (Wildman–Crippen LogP) is 1.58. The van der Waals surface area contributed by atoms with Gasteiger partial charge in [-0.3, -0.25) is 4.98 Å². The molecule has 78 valence electrons. The third-order valence-electron chi connectivity index (χ3n) is 2.28. The van der Waals surface area contributed by atoms with Gasteiger partial charge >= 0.3 is 0 Å². The molecule has 2 atom stereocenters. The fourth-order valence-electron chi connectivity index (χ4n) is 1.70. The van der Waals surface area contributed by atoms with Crippen molar-refractivity contribution in [2.75, 3.05) is 5.73 Å². The fourth-order valence-corrected chi connectivity index (χ4v) is 1.70. The van der Waals surface area contributed by atoms with Crippen molar-refractivity contribution >= 4 is 5.69 Å². The zero-order chi connectivity index (χ0) is 10.6. The first kappa shape index (κ1) is 11.0. The first-order chi connectivity index (χ1) is 6.59. The smallest absolute Gasteiger partial charge is 0.0377 e. The Morgan fingerprint density at radius 1 is 1.43 bits per heavy atom. The highest BCUT2D eigenvalue weighted by Crippen LogP contribution is 2.17. The summed E-state index contributed by atoms with van der Waals surface area (Å²) in [6, 6.07) is 2.09. The van der Waals surface area contributed by atoms with E-state index in [2.05, 4.69) is 11.9 Å². The summed E-state index contributed by atoms with van der Waals surface area (Å²) in [7, 11) is 0. The minimum atomic E-state index is 0.253. The van der Waals surface area contributed by atoms with E-state index in [1.54, 1.807) is 6.20 Å². The van der Waals surface area contributed by atoms with Crippen molar-refractivity contribution in [3.8, 4) is 0 Å². The van der Waals surface area contributed by atoms with Gasteiger partial charge in [0.25, 0.3) is 0 Å². The van der Waals surface area contributed by atoms with Gasteiger partial charge in [-0.1, -0.05) is 6.92 Å². The molecule has 1 aromatic rings. The summed E-state index contributed by atoms with van der Waals surface area (Å²) in [5.41, 5.74) is 13.5. The van der Waals surface area contributed by atoms with Gasteiger partial charge in [-0.2, -0.15) is 0 Å². The van der Waals surface area contributed by atoms with Crippen LogP contribution in [0.4, 0.5) is 5.69 Å². The second-order valence-electron chi connectivity index (χ2n) is 4.10. The molecule has 4 N–H and O–H groups in total. The van der Waals surface area contributed by atoms with Crippen LogP contribution in [0.2, 0.25) is 0 Å². The molecular formula is C11H19N3. The summed E-state index contributed by atoms with van der Waals surface area (Å²) < 4.78 is 0. The molecule has 1 aromatic heterocycles. The molecule has 14 heavy (non-hydrogen) atoms. The lowest BCUT2D eigenvalue weighted by molar-refractivity contribution is 0.480. The lowest BCUT2D eigenvalue weighted by Gasteiger charge is -2.14. The average Bonchev–Trinajstić information content (AvgIpc) is 2.07. The van der Waals surface area contributed by atoms with Crippen molar-refractivity contribution in [1.29, 1.82) is 0 Å². The van der Waals surface area contributed by atoms with E-state index < -0.39 is 0 Å². The first-order valence-corrected chi connectivity index (χ1v) is 5.03. The molecule has 0 aliphatic carbocycles. The Morgan fingerprint density at radius 2 is 2.14 bits per heavy atom. The van der Waals surface area contributed by atoms with Crippen molar-refractivity contribution in [3.63, 3.8) is 0 Å². The highest BCUT2D eigenvalue weighted by atomic mass is 14.7. The van der Waals surface area contributed by atoms with E-state index in [0.29, 0.717) is 5.92 Å². The van der Waals surface area contributed by atoms with Gasteiger partial charge in [0.2, 0.25) is 0 Å². The Balaban J connectivity index is 2.56. The van der Waals surface area contributed by atoms with Crippen LogP contribution in [0.1, 0.15) is 25.8 Å². The molecule has 0 saturated heterocycles. The molecule has 2 unspecified atom stereocenters. The van der Waals surface area contributed by atoms with Crippen LogP contribution in [0.15, 0.2) is 18.5 Å². The van der Waals surface area contributed by atoms with Crippen LogP contribution in [0, 0.1) is 5.92 Å². The molecule has 0 bridgehead atoms. The highest BCUT2D eigenvalue weighted by Gasteiger charge is 2.08. The van der Waals surface area contributed by atoms with Crippen LogP contribution >= 0.6 is 0 Å². The summed E-state index contributed by atoms with van der Waals surface area (Å²) in [5.74, 6) is 0.557. The summed E-state index contributed by atoms with van der Waals surface area (Å²) in [6.45, 7) is 4.22. The number of rotatable bonds is 4. The molecule has 0 aromatic carbocycles. The lowest BCUT2D eigenvalue weighted by atomic mass is 9.95. The van der Waals surface area contributed by atoms with Crippen molar-refractivity contribution in [1.82, 2.24) is 4.98 Å². The Kier molecular flexibility index (Phi) is 3.89. The van der Waals surface area contributed by atoms with E-state index in [9.17, 15) is 0 Å². The average molecular weight is 193 g/mol. The Hall–Kier alpha value is -1.09. The van der Waals surface area contributed by atoms with E-state index in [4.69, 9.17) is 11.5 Å².